The van der Waals surface area contributed by atoms with Crippen LogP contribution >= 0.6 is 0 Å². The Balaban J connectivity index is 2.84. The van der Waals surface area contributed by atoms with E-state index in [0.717, 1.165) is 19.1 Å². The van der Waals surface area contributed by atoms with Crippen molar-refractivity contribution < 1.29 is 9.59 Å². The molecule has 0 bridgehead atoms. The summed E-state index contributed by atoms with van der Waals surface area (Å²) in [6.07, 6.45) is 3.23. The Hall–Kier alpha value is -0.660. The maximum absolute atomic E-state index is 11.6. The van der Waals surface area contributed by atoms with Crippen LogP contribution in [0.25, 0.3) is 0 Å². The lowest BCUT2D eigenvalue weighted by Gasteiger charge is -2.41. The van der Waals surface area contributed by atoms with Gasteiger partial charge in [-0.25, -0.2) is 0 Å². The molecule has 0 aromatic heterocycles. The molecule has 0 radical (unpaired) electrons. The first-order valence-electron chi connectivity index (χ1n) is 5.88. The van der Waals surface area contributed by atoms with E-state index in [2.05, 4.69) is 27.7 Å². The fraction of sp³-hybridized carbons (Fsp3) is 0.846. The predicted molar refractivity (Wildman–Crippen MR) is 60.5 cm³/mol. The lowest BCUT2D eigenvalue weighted by atomic mass is 9.63. The molecule has 0 heterocycles. The topological polar surface area (TPSA) is 34.1 Å². The number of hydrogen-bond donors (Lipinski definition) is 0. The van der Waals surface area contributed by atoms with E-state index < -0.39 is 0 Å². The van der Waals surface area contributed by atoms with Crippen LogP contribution in [-0.2, 0) is 9.59 Å². The number of Topliss-reactive ketones (excluding diaryl/α,β-unsaturated/α-hetero) is 1. The van der Waals surface area contributed by atoms with Crippen LogP contribution in [0.1, 0.15) is 47.0 Å². The normalized spacial score (nSPS) is 32.8. The molecule has 1 aliphatic carbocycles. The molecule has 1 saturated carbocycles. The monoisotopic (exact) mass is 210 g/mol. The summed E-state index contributed by atoms with van der Waals surface area (Å²) in [5, 5.41) is 0. The fourth-order valence-electron chi connectivity index (χ4n) is 2.77. The van der Waals surface area contributed by atoms with Crippen LogP contribution in [0.3, 0.4) is 0 Å². The fourth-order valence-corrected chi connectivity index (χ4v) is 2.77. The second kappa shape index (κ2) is 4.46. The van der Waals surface area contributed by atoms with Gasteiger partial charge in [0.05, 0.1) is 5.92 Å². The number of carbonyl (C=O) groups excluding carboxylic acids is 2. The number of ketones is 1. The van der Waals surface area contributed by atoms with Crippen molar-refractivity contribution in [3.63, 3.8) is 0 Å². The van der Waals surface area contributed by atoms with Gasteiger partial charge in [-0.2, -0.15) is 0 Å². The van der Waals surface area contributed by atoms with Gasteiger partial charge >= 0.3 is 0 Å². The van der Waals surface area contributed by atoms with E-state index >= 15 is 0 Å². The molecular weight excluding hydrogens is 188 g/mol. The molecule has 0 N–H and O–H groups in total. The van der Waals surface area contributed by atoms with Crippen LogP contribution in [0, 0.1) is 23.2 Å². The second-order valence-corrected chi connectivity index (χ2v) is 5.79. The highest BCUT2D eigenvalue weighted by molar-refractivity contribution is 5.94. The van der Waals surface area contributed by atoms with Crippen LogP contribution in [0.5, 0.6) is 0 Å². The SMILES string of the molecule is CCC1CC(=O)C(C=O)CC1C(C)(C)C. The summed E-state index contributed by atoms with van der Waals surface area (Å²) >= 11 is 0. The van der Waals surface area contributed by atoms with Gasteiger partial charge in [-0.05, 0) is 23.7 Å². The first kappa shape index (κ1) is 12.4. The van der Waals surface area contributed by atoms with Crippen molar-refractivity contribution in [3.8, 4) is 0 Å². The minimum absolute atomic E-state index is 0.150. The van der Waals surface area contributed by atoms with E-state index in [1.54, 1.807) is 0 Å². The summed E-state index contributed by atoms with van der Waals surface area (Å²) in [6.45, 7) is 8.76. The molecule has 1 aliphatic rings. The minimum Gasteiger partial charge on any atom is -0.303 e. The summed E-state index contributed by atoms with van der Waals surface area (Å²) in [7, 11) is 0. The Morgan fingerprint density at radius 1 is 1.40 bits per heavy atom. The van der Waals surface area contributed by atoms with Crippen LogP contribution in [0.4, 0.5) is 0 Å². The van der Waals surface area contributed by atoms with Gasteiger partial charge in [-0.15, -0.1) is 0 Å². The third-order valence-corrected chi connectivity index (χ3v) is 3.75. The Morgan fingerprint density at radius 3 is 2.40 bits per heavy atom. The van der Waals surface area contributed by atoms with Gasteiger partial charge in [-0.1, -0.05) is 34.1 Å². The largest absolute Gasteiger partial charge is 0.303 e. The van der Waals surface area contributed by atoms with Crippen molar-refractivity contribution >= 4 is 12.1 Å². The molecule has 1 rings (SSSR count). The van der Waals surface area contributed by atoms with E-state index in [9.17, 15) is 9.59 Å². The van der Waals surface area contributed by atoms with Crippen LogP contribution in [0.2, 0.25) is 0 Å². The van der Waals surface area contributed by atoms with Crippen molar-refractivity contribution in [2.24, 2.45) is 23.2 Å². The van der Waals surface area contributed by atoms with Gasteiger partial charge in [0.1, 0.15) is 12.1 Å². The van der Waals surface area contributed by atoms with Crippen LogP contribution < -0.4 is 0 Å². The number of aldehydes is 1. The van der Waals surface area contributed by atoms with Crippen molar-refractivity contribution in [1.82, 2.24) is 0 Å². The van der Waals surface area contributed by atoms with E-state index in [-0.39, 0.29) is 17.1 Å². The zero-order valence-electron chi connectivity index (χ0n) is 10.2. The molecule has 2 nitrogen and oxygen atoms in total. The van der Waals surface area contributed by atoms with Gasteiger partial charge in [0.25, 0.3) is 0 Å². The molecule has 0 spiro atoms. The van der Waals surface area contributed by atoms with Gasteiger partial charge in [0, 0.05) is 6.42 Å². The Kier molecular flexibility index (Phi) is 3.69. The Labute approximate surface area is 92.4 Å². The third kappa shape index (κ3) is 2.67. The summed E-state index contributed by atoms with van der Waals surface area (Å²) in [6, 6.07) is 0. The van der Waals surface area contributed by atoms with E-state index in [1.807, 2.05) is 0 Å². The average Bonchev–Trinajstić information content (AvgIpc) is 2.15. The van der Waals surface area contributed by atoms with E-state index in [4.69, 9.17) is 0 Å². The maximum atomic E-state index is 11.6. The summed E-state index contributed by atoms with van der Waals surface area (Å²) < 4.78 is 0. The van der Waals surface area contributed by atoms with Gasteiger partial charge < -0.3 is 4.79 Å². The molecule has 3 atom stereocenters. The maximum Gasteiger partial charge on any atom is 0.143 e. The number of rotatable bonds is 2. The Morgan fingerprint density at radius 2 is 2.00 bits per heavy atom. The zero-order valence-corrected chi connectivity index (χ0v) is 10.2. The van der Waals surface area contributed by atoms with Crippen molar-refractivity contribution in [1.29, 1.82) is 0 Å². The zero-order chi connectivity index (χ0) is 11.6. The number of hydrogen-bond acceptors (Lipinski definition) is 2. The average molecular weight is 210 g/mol. The molecule has 86 valence electrons. The first-order chi connectivity index (χ1) is 6.90. The molecule has 3 unspecified atom stereocenters. The highest BCUT2D eigenvalue weighted by Crippen LogP contribution is 2.43. The standard InChI is InChI=1S/C13H22O2/c1-5-9-7-12(15)10(8-14)6-11(9)13(2,3)4/h8-11H,5-7H2,1-4H3. The molecule has 1 fully saturated rings. The first-order valence-corrected chi connectivity index (χ1v) is 5.88. The Bertz CT molecular complexity index is 250. The van der Waals surface area contributed by atoms with Crippen molar-refractivity contribution in [2.45, 2.75) is 47.0 Å². The minimum atomic E-state index is -0.336. The van der Waals surface area contributed by atoms with Crippen molar-refractivity contribution in [3.05, 3.63) is 0 Å². The van der Waals surface area contributed by atoms with Crippen LogP contribution in [-0.4, -0.2) is 12.1 Å². The van der Waals surface area contributed by atoms with Crippen molar-refractivity contribution in [2.75, 3.05) is 0 Å². The van der Waals surface area contributed by atoms with Gasteiger partial charge in [0.2, 0.25) is 0 Å². The molecule has 0 saturated heterocycles. The lowest BCUT2D eigenvalue weighted by Crippen LogP contribution is -2.39. The van der Waals surface area contributed by atoms with Gasteiger partial charge in [-0.3, -0.25) is 4.79 Å². The second-order valence-electron chi connectivity index (χ2n) is 5.79. The highest BCUT2D eigenvalue weighted by atomic mass is 16.1. The smallest absolute Gasteiger partial charge is 0.143 e. The third-order valence-electron chi connectivity index (χ3n) is 3.75. The molecule has 0 aromatic carbocycles. The highest BCUT2D eigenvalue weighted by Gasteiger charge is 2.40. The summed E-state index contributed by atoms with van der Waals surface area (Å²) in [5.41, 5.74) is 0.197. The van der Waals surface area contributed by atoms with Crippen LogP contribution in [0.15, 0.2) is 0 Å². The van der Waals surface area contributed by atoms with E-state index in [1.165, 1.54) is 0 Å². The van der Waals surface area contributed by atoms with Gasteiger partial charge in [0.15, 0.2) is 0 Å². The quantitative estimate of drug-likeness (QED) is 0.519. The summed E-state index contributed by atoms with van der Waals surface area (Å²) in [5.74, 6) is 0.776. The van der Waals surface area contributed by atoms with E-state index in [0.29, 0.717) is 18.3 Å². The predicted octanol–water partition coefficient (Wildman–Crippen LogP) is 2.85. The lowest BCUT2D eigenvalue weighted by molar-refractivity contribution is -0.133. The number of carbonyl (C=O) groups is 2. The molecule has 0 aromatic rings. The molecular formula is C13H22O2. The molecule has 0 amide bonds. The molecule has 0 aliphatic heterocycles. The molecule has 15 heavy (non-hydrogen) atoms. The molecule has 2 heteroatoms. The summed E-state index contributed by atoms with van der Waals surface area (Å²) in [4.78, 5) is 22.5.